The maximum atomic E-state index is 13.0. The van der Waals surface area contributed by atoms with Crippen LogP contribution in [0.1, 0.15) is 24.0 Å². The summed E-state index contributed by atoms with van der Waals surface area (Å²) in [5, 5.41) is 0.637. The lowest BCUT2D eigenvalue weighted by Gasteiger charge is -2.16. The number of aromatic nitrogens is 1. The summed E-state index contributed by atoms with van der Waals surface area (Å²) in [6, 6.07) is 11.9. The summed E-state index contributed by atoms with van der Waals surface area (Å²) >= 11 is 0. The number of H-pyrrole nitrogens is 1. The van der Waals surface area contributed by atoms with E-state index in [4.69, 9.17) is 0 Å². The van der Waals surface area contributed by atoms with Crippen molar-refractivity contribution < 1.29 is 18.0 Å². The molecule has 3 amide bonds. The summed E-state index contributed by atoms with van der Waals surface area (Å²) in [6.07, 6.45) is 1.51. The Morgan fingerprint density at radius 1 is 1.09 bits per heavy atom. The second kappa shape index (κ2) is 7.73. The van der Waals surface area contributed by atoms with E-state index in [9.17, 15) is 22.8 Å². The summed E-state index contributed by atoms with van der Waals surface area (Å²) in [4.78, 5) is 42.4. The highest BCUT2D eigenvalue weighted by Gasteiger charge is 2.47. The minimum Gasteiger partial charge on any atom is -0.322 e. The number of benzene rings is 2. The fourth-order valence-electron chi connectivity index (χ4n) is 4.53. The average molecular weight is 467 g/mol. The third kappa shape index (κ3) is 3.76. The van der Waals surface area contributed by atoms with Crippen molar-refractivity contribution in [2.24, 2.45) is 0 Å². The molecule has 0 bridgehead atoms. The lowest BCUT2D eigenvalue weighted by Crippen LogP contribution is -2.32. The van der Waals surface area contributed by atoms with Gasteiger partial charge in [0, 0.05) is 29.2 Å². The molecule has 170 valence electrons. The topological polar surface area (TPSA) is 120 Å². The van der Waals surface area contributed by atoms with Gasteiger partial charge in [0.2, 0.25) is 5.56 Å². The van der Waals surface area contributed by atoms with E-state index in [0.29, 0.717) is 40.7 Å². The van der Waals surface area contributed by atoms with Crippen LogP contribution in [0.4, 0.5) is 10.5 Å². The Labute approximate surface area is 190 Å². The Balaban J connectivity index is 1.38. The van der Waals surface area contributed by atoms with Gasteiger partial charge in [-0.05, 0) is 61.2 Å². The highest BCUT2D eigenvalue weighted by molar-refractivity contribution is 7.92. The Hall–Kier alpha value is -3.66. The van der Waals surface area contributed by atoms with Crippen molar-refractivity contribution in [2.75, 3.05) is 11.3 Å². The minimum absolute atomic E-state index is 0.0566. The number of urea groups is 1. The van der Waals surface area contributed by atoms with E-state index < -0.39 is 10.0 Å². The van der Waals surface area contributed by atoms with Gasteiger partial charge in [-0.25, -0.2) is 13.2 Å². The number of imide groups is 1. The van der Waals surface area contributed by atoms with E-state index >= 15 is 0 Å². The van der Waals surface area contributed by atoms with Gasteiger partial charge in [-0.2, -0.15) is 0 Å². The molecule has 2 N–H and O–H groups in total. The Kier molecular flexibility index (Phi) is 4.97. The lowest BCUT2D eigenvalue weighted by atomic mass is 10.1. The van der Waals surface area contributed by atoms with Gasteiger partial charge < -0.3 is 9.88 Å². The fourth-order valence-corrected chi connectivity index (χ4v) is 5.60. The summed E-state index contributed by atoms with van der Waals surface area (Å²) in [5.74, 6) is -0.201. The Morgan fingerprint density at radius 2 is 1.91 bits per heavy atom. The molecule has 0 radical (unpaired) electrons. The number of carbonyl (C=O) groups is 2. The van der Waals surface area contributed by atoms with E-state index in [2.05, 4.69) is 9.71 Å². The lowest BCUT2D eigenvalue weighted by molar-refractivity contribution is -0.128. The van der Waals surface area contributed by atoms with Gasteiger partial charge in [-0.15, -0.1) is 0 Å². The van der Waals surface area contributed by atoms with E-state index in [0.717, 1.165) is 6.42 Å². The van der Waals surface area contributed by atoms with Gasteiger partial charge in [-0.3, -0.25) is 19.2 Å². The molecule has 3 aromatic rings. The SMILES string of the molecule is Cc1cc(=O)[nH]c2ccc(S(=O)(=O)Nc3cccc(CN4C(=O)C5CCCN5C4=O)c3)cc12. The number of aryl methyl sites for hydroxylation is 1. The number of rotatable bonds is 5. The van der Waals surface area contributed by atoms with Crippen molar-refractivity contribution in [1.29, 1.82) is 0 Å². The van der Waals surface area contributed by atoms with Crippen LogP contribution in [0.15, 0.2) is 58.2 Å². The second-order valence-corrected chi connectivity index (χ2v) is 10.1. The zero-order valence-corrected chi connectivity index (χ0v) is 18.7. The molecule has 0 spiro atoms. The number of nitrogens with one attached hydrogen (secondary N) is 2. The van der Waals surface area contributed by atoms with Crippen LogP contribution in [0, 0.1) is 6.92 Å². The first-order chi connectivity index (χ1) is 15.7. The third-order valence-corrected chi connectivity index (χ3v) is 7.51. The monoisotopic (exact) mass is 466 g/mol. The average Bonchev–Trinajstić information content (AvgIpc) is 3.33. The van der Waals surface area contributed by atoms with Crippen LogP contribution in [-0.2, 0) is 21.4 Å². The van der Waals surface area contributed by atoms with Gasteiger partial charge in [-0.1, -0.05) is 12.1 Å². The Bertz CT molecular complexity index is 1440. The van der Waals surface area contributed by atoms with Crippen LogP contribution in [0.25, 0.3) is 10.9 Å². The molecule has 2 fully saturated rings. The molecular formula is C23H22N4O5S. The molecule has 9 nitrogen and oxygen atoms in total. The standard InChI is InChI=1S/C23H22N4O5S/c1-14-10-21(28)24-19-8-7-17(12-18(14)19)33(31,32)25-16-5-2-4-15(11-16)13-27-22(29)20-6-3-9-26(20)23(27)30/h2,4-5,7-8,10-12,20,25H,3,6,9,13H2,1H3,(H,24,28). The molecule has 10 heteroatoms. The van der Waals surface area contributed by atoms with Crippen molar-refractivity contribution >= 4 is 38.6 Å². The van der Waals surface area contributed by atoms with Gasteiger partial charge >= 0.3 is 6.03 Å². The van der Waals surface area contributed by atoms with E-state index in [1.165, 1.54) is 23.1 Å². The zero-order valence-electron chi connectivity index (χ0n) is 17.9. The number of fused-ring (bicyclic) bond motifs is 2. The first-order valence-electron chi connectivity index (χ1n) is 10.6. The van der Waals surface area contributed by atoms with Crippen LogP contribution >= 0.6 is 0 Å². The van der Waals surface area contributed by atoms with Crippen LogP contribution in [-0.4, -0.2) is 47.7 Å². The number of carbonyl (C=O) groups excluding carboxylic acids is 2. The molecule has 1 unspecified atom stereocenters. The smallest absolute Gasteiger partial charge is 0.322 e. The number of hydrogen-bond acceptors (Lipinski definition) is 5. The molecular weight excluding hydrogens is 444 g/mol. The van der Waals surface area contributed by atoms with Crippen LogP contribution in [0.3, 0.4) is 0 Å². The molecule has 2 aromatic carbocycles. The molecule has 5 rings (SSSR count). The highest BCUT2D eigenvalue weighted by atomic mass is 32.2. The normalized spacial score (nSPS) is 18.3. The molecule has 0 saturated carbocycles. The fraction of sp³-hybridized carbons (Fsp3) is 0.261. The molecule has 3 heterocycles. The summed E-state index contributed by atoms with van der Waals surface area (Å²) in [7, 11) is -3.91. The molecule has 33 heavy (non-hydrogen) atoms. The second-order valence-electron chi connectivity index (χ2n) is 8.39. The van der Waals surface area contributed by atoms with Crippen molar-refractivity contribution in [1.82, 2.24) is 14.8 Å². The maximum absolute atomic E-state index is 13.0. The Morgan fingerprint density at radius 3 is 2.70 bits per heavy atom. The summed E-state index contributed by atoms with van der Waals surface area (Å²) < 4.78 is 28.6. The van der Waals surface area contributed by atoms with Crippen molar-refractivity contribution in [3.05, 3.63) is 70.0 Å². The zero-order chi connectivity index (χ0) is 23.3. The van der Waals surface area contributed by atoms with Crippen molar-refractivity contribution in [3.8, 4) is 0 Å². The van der Waals surface area contributed by atoms with Crippen LogP contribution < -0.4 is 10.3 Å². The molecule has 2 aliphatic rings. The van der Waals surface area contributed by atoms with Gasteiger partial charge in [0.15, 0.2) is 0 Å². The van der Waals surface area contributed by atoms with Gasteiger partial charge in [0.05, 0.1) is 11.4 Å². The van der Waals surface area contributed by atoms with E-state index in [1.807, 2.05) is 0 Å². The number of hydrogen-bond donors (Lipinski definition) is 2. The number of pyridine rings is 1. The first-order valence-corrected chi connectivity index (χ1v) is 12.1. The number of sulfonamides is 1. The van der Waals surface area contributed by atoms with Crippen LogP contribution in [0.5, 0.6) is 0 Å². The highest BCUT2D eigenvalue weighted by Crippen LogP contribution is 2.29. The summed E-state index contributed by atoms with van der Waals surface area (Å²) in [6.45, 7) is 2.42. The molecule has 0 aliphatic carbocycles. The van der Waals surface area contributed by atoms with E-state index in [-0.39, 0.29) is 35.0 Å². The van der Waals surface area contributed by atoms with Crippen molar-refractivity contribution in [2.45, 2.75) is 37.2 Å². The van der Waals surface area contributed by atoms with Gasteiger partial charge in [0.1, 0.15) is 6.04 Å². The van der Waals surface area contributed by atoms with E-state index in [1.54, 1.807) is 42.2 Å². The molecule has 2 saturated heterocycles. The van der Waals surface area contributed by atoms with Crippen LogP contribution in [0.2, 0.25) is 0 Å². The summed E-state index contributed by atoms with van der Waals surface area (Å²) in [5.41, 5.74) is 1.95. The number of anilines is 1. The molecule has 2 aliphatic heterocycles. The first kappa shape index (κ1) is 21.2. The number of amides is 3. The largest absolute Gasteiger partial charge is 0.327 e. The molecule has 1 aromatic heterocycles. The van der Waals surface area contributed by atoms with Crippen molar-refractivity contribution in [3.63, 3.8) is 0 Å². The quantitative estimate of drug-likeness (QED) is 0.560. The predicted molar refractivity (Wildman–Crippen MR) is 122 cm³/mol. The third-order valence-electron chi connectivity index (χ3n) is 6.13. The number of aromatic amines is 1. The maximum Gasteiger partial charge on any atom is 0.327 e. The number of nitrogens with zero attached hydrogens (tertiary/aromatic N) is 2. The predicted octanol–water partition coefficient (Wildman–Crippen LogP) is 2.56. The molecule has 1 atom stereocenters. The minimum atomic E-state index is -3.91. The van der Waals surface area contributed by atoms with Gasteiger partial charge in [0.25, 0.3) is 15.9 Å².